The third-order valence-electron chi connectivity index (χ3n) is 4.60. The Morgan fingerprint density at radius 2 is 1.55 bits per heavy atom. The number of anilines is 3. The van der Waals surface area contributed by atoms with Crippen LogP contribution in [0.2, 0.25) is 0 Å². The molecule has 0 aliphatic heterocycles. The van der Waals surface area contributed by atoms with Crippen LogP contribution in [0.15, 0.2) is 48.5 Å². The molecule has 2 amide bonds. The van der Waals surface area contributed by atoms with E-state index in [1.807, 2.05) is 38.1 Å². The summed E-state index contributed by atoms with van der Waals surface area (Å²) in [6.07, 6.45) is 5.15. The van der Waals surface area contributed by atoms with Gasteiger partial charge in [0.1, 0.15) is 5.75 Å². The smallest absolute Gasteiger partial charge is 0.243 e. The van der Waals surface area contributed by atoms with Gasteiger partial charge in [0.15, 0.2) is 0 Å². The number of nitrogens with one attached hydrogen (secondary N) is 3. The van der Waals surface area contributed by atoms with Crippen molar-refractivity contribution in [1.29, 1.82) is 0 Å². The number of carbonyl (C=O) groups excluding carboxylic acids is 2. The summed E-state index contributed by atoms with van der Waals surface area (Å²) in [4.78, 5) is 24.1. The zero-order valence-electron chi connectivity index (χ0n) is 18.9. The van der Waals surface area contributed by atoms with Crippen LogP contribution in [0.25, 0.3) is 0 Å². The van der Waals surface area contributed by atoms with Crippen LogP contribution < -0.4 is 20.7 Å². The number of hydrogen-bond donors (Lipinski definition) is 3. The van der Waals surface area contributed by atoms with Gasteiger partial charge in [-0.2, -0.15) is 0 Å². The summed E-state index contributed by atoms with van der Waals surface area (Å²) in [6, 6.07) is 14.8. The molecule has 0 aromatic heterocycles. The second-order valence-electron chi connectivity index (χ2n) is 8.06. The average molecular weight is 426 g/mol. The number of rotatable bonds is 13. The van der Waals surface area contributed by atoms with Crippen molar-refractivity contribution in [1.82, 2.24) is 0 Å². The van der Waals surface area contributed by atoms with Crippen molar-refractivity contribution in [2.24, 2.45) is 5.92 Å². The standard InChI is InChI=1S/C25H35N3O3/c1-4-5-6-7-15-31-23-10-8-9-22(17-23)26-18-25(30)28-21-13-11-20(12-14-21)27-24(29)16-19(2)3/h8-14,17,19,26H,4-7,15-16,18H2,1-3H3,(H,27,29)(H,28,30). The highest BCUT2D eigenvalue weighted by Gasteiger charge is 2.07. The number of amides is 2. The molecule has 0 radical (unpaired) electrons. The predicted molar refractivity (Wildman–Crippen MR) is 128 cm³/mol. The molecular weight excluding hydrogens is 390 g/mol. The van der Waals surface area contributed by atoms with E-state index in [-0.39, 0.29) is 18.4 Å². The normalized spacial score (nSPS) is 10.6. The molecule has 0 saturated heterocycles. The van der Waals surface area contributed by atoms with Crippen LogP contribution in [0, 0.1) is 5.92 Å². The van der Waals surface area contributed by atoms with Gasteiger partial charge in [-0.3, -0.25) is 9.59 Å². The van der Waals surface area contributed by atoms with Crippen molar-refractivity contribution in [3.63, 3.8) is 0 Å². The monoisotopic (exact) mass is 425 g/mol. The number of benzene rings is 2. The molecule has 2 aromatic rings. The molecular formula is C25H35N3O3. The number of ether oxygens (including phenoxy) is 1. The molecule has 0 atom stereocenters. The van der Waals surface area contributed by atoms with Crippen LogP contribution in [0.4, 0.5) is 17.1 Å². The zero-order chi connectivity index (χ0) is 22.5. The highest BCUT2D eigenvalue weighted by atomic mass is 16.5. The van der Waals surface area contributed by atoms with Crippen LogP contribution in [-0.2, 0) is 9.59 Å². The molecule has 0 spiro atoms. The third kappa shape index (κ3) is 10.0. The van der Waals surface area contributed by atoms with Gasteiger partial charge in [0.2, 0.25) is 11.8 Å². The Morgan fingerprint density at radius 3 is 2.19 bits per heavy atom. The maximum Gasteiger partial charge on any atom is 0.243 e. The molecule has 2 rings (SSSR count). The first-order chi connectivity index (χ1) is 15.0. The van der Waals surface area contributed by atoms with Gasteiger partial charge in [0, 0.05) is 29.5 Å². The van der Waals surface area contributed by atoms with Crippen LogP contribution >= 0.6 is 0 Å². The second-order valence-corrected chi connectivity index (χ2v) is 8.06. The average Bonchev–Trinajstić information content (AvgIpc) is 2.73. The number of carbonyl (C=O) groups is 2. The molecule has 0 aliphatic carbocycles. The Balaban J connectivity index is 1.75. The van der Waals surface area contributed by atoms with E-state index in [1.54, 1.807) is 24.3 Å². The summed E-state index contributed by atoms with van der Waals surface area (Å²) in [6.45, 7) is 7.05. The minimum absolute atomic E-state index is 0.0110. The van der Waals surface area contributed by atoms with E-state index in [9.17, 15) is 9.59 Å². The lowest BCUT2D eigenvalue weighted by molar-refractivity contribution is -0.117. The van der Waals surface area contributed by atoms with Crippen molar-refractivity contribution in [3.8, 4) is 5.75 Å². The van der Waals surface area contributed by atoms with E-state index in [4.69, 9.17) is 4.74 Å². The molecule has 31 heavy (non-hydrogen) atoms. The first-order valence-corrected chi connectivity index (χ1v) is 11.1. The quantitative estimate of drug-likeness (QED) is 0.361. The predicted octanol–water partition coefficient (Wildman–Crippen LogP) is 5.68. The lowest BCUT2D eigenvalue weighted by Crippen LogP contribution is -2.21. The van der Waals surface area contributed by atoms with Gasteiger partial charge in [0.05, 0.1) is 13.2 Å². The lowest BCUT2D eigenvalue weighted by atomic mass is 10.1. The van der Waals surface area contributed by atoms with Crippen LogP contribution in [-0.4, -0.2) is 25.0 Å². The van der Waals surface area contributed by atoms with Crippen molar-refractivity contribution >= 4 is 28.9 Å². The molecule has 0 heterocycles. The fourth-order valence-corrected chi connectivity index (χ4v) is 3.02. The van der Waals surface area contributed by atoms with Gasteiger partial charge in [0.25, 0.3) is 0 Å². The van der Waals surface area contributed by atoms with E-state index < -0.39 is 0 Å². The van der Waals surface area contributed by atoms with Crippen LogP contribution in [0.1, 0.15) is 52.9 Å². The van der Waals surface area contributed by atoms with Crippen LogP contribution in [0.5, 0.6) is 5.75 Å². The lowest BCUT2D eigenvalue weighted by Gasteiger charge is -2.11. The van der Waals surface area contributed by atoms with Gasteiger partial charge >= 0.3 is 0 Å². The van der Waals surface area contributed by atoms with Gasteiger partial charge in [-0.15, -0.1) is 0 Å². The van der Waals surface area contributed by atoms with E-state index in [0.29, 0.717) is 30.3 Å². The number of hydrogen-bond acceptors (Lipinski definition) is 4. The highest BCUT2D eigenvalue weighted by Crippen LogP contribution is 2.18. The largest absolute Gasteiger partial charge is 0.494 e. The minimum Gasteiger partial charge on any atom is -0.494 e. The Kier molecular flexibility index (Phi) is 10.4. The summed E-state index contributed by atoms with van der Waals surface area (Å²) >= 11 is 0. The molecule has 0 saturated carbocycles. The van der Waals surface area contributed by atoms with E-state index in [2.05, 4.69) is 22.9 Å². The molecule has 168 valence electrons. The van der Waals surface area contributed by atoms with Crippen molar-refractivity contribution in [2.75, 3.05) is 29.1 Å². The highest BCUT2D eigenvalue weighted by molar-refractivity contribution is 5.94. The van der Waals surface area contributed by atoms with Crippen molar-refractivity contribution in [3.05, 3.63) is 48.5 Å². The van der Waals surface area contributed by atoms with Crippen LogP contribution in [0.3, 0.4) is 0 Å². The van der Waals surface area contributed by atoms with E-state index >= 15 is 0 Å². The fraction of sp³-hybridized carbons (Fsp3) is 0.440. The first kappa shape index (κ1) is 24.3. The maximum atomic E-state index is 12.3. The van der Waals surface area contributed by atoms with Gasteiger partial charge in [-0.25, -0.2) is 0 Å². The van der Waals surface area contributed by atoms with Gasteiger partial charge in [-0.1, -0.05) is 46.1 Å². The summed E-state index contributed by atoms with van der Waals surface area (Å²) < 4.78 is 5.78. The Labute approximate surface area is 185 Å². The Morgan fingerprint density at radius 1 is 0.871 bits per heavy atom. The molecule has 0 bridgehead atoms. The summed E-state index contributed by atoms with van der Waals surface area (Å²) in [5.41, 5.74) is 2.23. The zero-order valence-corrected chi connectivity index (χ0v) is 18.9. The summed E-state index contributed by atoms with van der Waals surface area (Å²) in [5, 5.41) is 8.82. The molecule has 0 fully saturated rings. The third-order valence-corrected chi connectivity index (χ3v) is 4.60. The minimum atomic E-state index is -0.150. The van der Waals surface area contributed by atoms with Crippen molar-refractivity contribution < 1.29 is 14.3 Å². The van der Waals surface area contributed by atoms with Gasteiger partial charge in [-0.05, 0) is 48.7 Å². The molecule has 0 unspecified atom stereocenters. The second kappa shape index (κ2) is 13.3. The van der Waals surface area contributed by atoms with E-state index in [0.717, 1.165) is 17.9 Å². The molecule has 0 aliphatic rings. The maximum absolute atomic E-state index is 12.3. The fourth-order valence-electron chi connectivity index (χ4n) is 3.02. The number of unbranched alkanes of at least 4 members (excludes halogenated alkanes) is 3. The SMILES string of the molecule is CCCCCCOc1cccc(NCC(=O)Nc2ccc(NC(=O)CC(C)C)cc2)c1. The summed E-state index contributed by atoms with van der Waals surface area (Å²) in [5.74, 6) is 0.951. The van der Waals surface area contributed by atoms with Gasteiger partial charge < -0.3 is 20.7 Å². The summed E-state index contributed by atoms with van der Waals surface area (Å²) in [7, 11) is 0. The molecule has 2 aromatic carbocycles. The molecule has 6 nitrogen and oxygen atoms in total. The van der Waals surface area contributed by atoms with Crippen molar-refractivity contribution in [2.45, 2.75) is 52.9 Å². The Hall–Kier alpha value is -3.02. The topological polar surface area (TPSA) is 79.5 Å². The first-order valence-electron chi connectivity index (χ1n) is 11.1. The molecule has 6 heteroatoms. The molecule has 3 N–H and O–H groups in total. The Bertz CT molecular complexity index is 819. The van der Waals surface area contributed by atoms with E-state index in [1.165, 1.54) is 19.3 Å².